The van der Waals surface area contributed by atoms with E-state index >= 15 is 0 Å². The Labute approximate surface area is 164 Å². The lowest BCUT2D eigenvalue weighted by atomic mass is 9.46. The summed E-state index contributed by atoms with van der Waals surface area (Å²) in [6.07, 6.45) is 6.28. The molecule has 4 aliphatic rings. The van der Waals surface area contributed by atoms with Gasteiger partial charge in [-0.3, -0.25) is 8.37 Å². The number of aliphatic hydroxyl groups is 1. The molecule has 0 aromatic carbocycles. The normalized spacial score (nSPS) is 48.9. The highest BCUT2D eigenvalue weighted by Crippen LogP contribution is 2.63. The van der Waals surface area contributed by atoms with Gasteiger partial charge in [0.15, 0.2) is 0 Å². The van der Waals surface area contributed by atoms with Crippen LogP contribution in [0.2, 0.25) is 0 Å². The molecule has 0 bridgehead atoms. The van der Waals surface area contributed by atoms with Gasteiger partial charge < -0.3 is 9.84 Å². The van der Waals surface area contributed by atoms with Crippen LogP contribution in [0.15, 0.2) is 36.1 Å². The average molecular weight is 395 g/mol. The summed E-state index contributed by atoms with van der Waals surface area (Å²) < 4.78 is 28.2. The molecule has 0 aromatic heterocycles. The van der Waals surface area contributed by atoms with Crippen LogP contribution >= 0.6 is 0 Å². The van der Waals surface area contributed by atoms with E-state index < -0.39 is 17.5 Å². The van der Waals surface area contributed by atoms with E-state index in [9.17, 15) is 9.32 Å². The van der Waals surface area contributed by atoms with E-state index in [-0.39, 0.29) is 16.9 Å². The third-order valence-electron chi connectivity index (χ3n) is 7.65. The van der Waals surface area contributed by atoms with Crippen molar-refractivity contribution in [3.63, 3.8) is 0 Å². The second kappa shape index (κ2) is 6.83. The second-order valence-electron chi connectivity index (χ2n) is 9.05. The summed E-state index contributed by atoms with van der Waals surface area (Å²) in [5.74, 6) is 1.33. The zero-order chi connectivity index (χ0) is 19.4. The van der Waals surface area contributed by atoms with Crippen LogP contribution in [0, 0.1) is 22.7 Å². The fourth-order valence-electron chi connectivity index (χ4n) is 6.09. The second-order valence-corrected chi connectivity index (χ2v) is 9.89. The molecule has 5 nitrogen and oxygen atoms in total. The zero-order valence-corrected chi connectivity index (χ0v) is 17.1. The summed E-state index contributed by atoms with van der Waals surface area (Å²) >= 11 is -1.62. The van der Waals surface area contributed by atoms with Gasteiger partial charge >= 0.3 is 11.4 Å². The van der Waals surface area contributed by atoms with Crippen molar-refractivity contribution in [3.05, 3.63) is 36.1 Å². The van der Waals surface area contributed by atoms with Crippen LogP contribution in [-0.2, 0) is 24.5 Å². The molecule has 4 rings (SSSR count). The van der Waals surface area contributed by atoms with E-state index in [1.54, 1.807) is 0 Å². The van der Waals surface area contributed by atoms with Gasteiger partial charge in [-0.15, -0.1) is 0 Å². The third-order valence-corrected chi connectivity index (χ3v) is 8.35. The summed E-state index contributed by atoms with van der Waals surface area (Å²) in [7, 11) is 0. The van der Waals surface area contributed by atoms with Crippen molar-refractivity contribution in [2.24, 2.45) is 22.7 Å². The maximum absolute atomic E-state index is 11.7. The summed E-state index contributed by atoms with van der Waals surface area (Å²) in [4.78, 5) is 0. The molecule has 150 valence electrons. The smallest absolute Gasteiger partial charge is 0.304 e. The predicted octanol–water partition coefficient (Wildman–Crippen LogP) is 3.59. The minimum Gasteiger partial charge on any atom is -0.491 e. The molecule has 2 heterocycles. The standard InChI is InChI=1S/C21H30O5S/c1-13-5-8-18-20(3,10-9-19-21(18,4)12-25-27(23)26-19)16(13)7-6-15-14(2)24-11-17(15)22/h6,16-19,22H,1-2,5,7-12H2,3-4H3/b15-6-/t16-,17-,18+,19-,20+,21+,27+/m1/s1. The van der Waals surface area contributed by atoms with E-state index in [0.29, 0.717) is 30.8 Å². The van der Waals surface area contributed by atoms with Crippen LogP contribution in [0.5, 0.6) is 0 Å². The van der Waals surface area contributed by atoms with Crippen molar-refractivity contribution in [2.75, 3.05) is 13.2 Å². The molecule has 0 spiro atoms. The Morgan fingerprint density at radius 2 is 2.07 bits per heavy atom. The number of aliphatic hydroxyl groups excluding tert-OH is 1. The SMILES string of the molecule is C=C1OC[C@@H](O)/C1=C\C[C@@H]1C(=C)CC[C@@H]2[C@]3(C)CO[S@](=O)O[C@@H]3CC[C@]21C. The summed E-state index contributed by atoms with van der Waals surface area (Å²) in [5.41, 5.74) is 2.04. The summed E-state index contributed by atoms with van der Waals surface area (Å²) in [6, 6.07) is 0. The minimum atomic E-state index is -1.62. The number of ether oxygens (including phenoxy) is 1. The van der Waals surface area contributed by atoms with Crippen molar-refractivity contribution in [2.45, 2.75) is 58.2 Å². The first-order chi connectivity index (χ1) is 12.8. The van der Waals surface area contributed by atoms with E-state index in [1.807, 2.05) is 0 Å². The van der Waals surface area contributed by atoms with Gasteiger partial charge in [0.05, 0.1) is 12.7 Å². The van der Waals surface area contributed by atoms with Crippen LogP contribution in [-0.4, -0.2) is 34.7 Å². The van der Waals surface area contributed by atoms with Gasteiger partial charge in [-0.2, -0.15) is 4.21 Å². The van der Waals surface area contributed by atoms with Crippen LogP contribution in [0.4, 0.5) is 0 Å². The largest absolute Gasteiger partial charge is 0.491 e. The van der Waals surface area contributed by atoms with E-state index in [2.05, 4.69) is 33.1 Å². The molecule has 27 heavy (non-hydrogen) atoms. The van der Waals surface area contributed by atoms with Crippen molar-refractivity contribution in [3.8, 4) is 0 Å². The molecule has 1 N–H and O–H groups in total. The maximum Gasteiger partial charge on any atom is 0.304 e. The van der Waals surface area contributed by atoms with Crippen LogP contribution in [0.1, 0.15) is 46.0 Å². The minimum absolute atomic E-state index is 0.0136. The van der Waals surface area contributed by atoms with Gasteiger partial charge in [-0.25, -0.2) is 0 Å². The lowest BCUT2D eigenvalue weighted by molar-refractivity contribution is -0.154. The van der Waals surface area contributed by atoms with Crippen LogP contribution < -0.4 is 0 Å². The maximum atomic E-state index is 11.7. The molecular formula is C21H30O5S. The first kappa shape index (κ1) is 19.4. The Morgan fingerprint density at radius 3 is 2.78 bits per heavy atom. The van der Waals surface area contributed by atoms with E-state index in [1.165, 1.54) is 5.57 Å². The molecule has 2 saturated carbocycles. The lowest BCUT2D eigenvalue weighted by Gasteiger charge is -2.61. The molecule has 0 radical (unpaired) electrons. The van der Waals surface area contributed by atoms with E-state index in [4.69, 9.17) is 13.1 Å². The van der Waals surface area contributed by atoms with Crippen molar-refractivity contribution in [1.29, 1.82) is 0 Å². The Kier molecular flexibility index (Phi) is 4.90. The van der Waals surface area contributed by atoms with Gasteiger partial charge in [-0.1, -0.05) is 38.7 Å². The first-order valence-corrected chi connectivity index (χ1v) is 10.9. The monoisotopic (exact) mass is 394 g/mol. The quantitative estimate of drug-likeness (QED) is 0.725. The predicted molar refractivity (Wildman–Crippen MR) is 104 cm³/mol. The van der Waals surface area contributed by atoms with Crippen LogP contribution in [0.3, 0.4) is 0 Å². The lowest BCUT2D eigenvalue weighted by Crippen LogP contribution is -2.60. The van der Waals surface area contributed by atoms with Crippen LogP contribution in [0.25, 0.3) is 0 Å². The fraction of sp³-hybridized carbons (Fsp3) is 0.714. The average Bonchev–Trinajstić information content (AvgIpc) is 2.93. The zero-order valence-electron chi connectivity index (χ0n) is 16.2. The summed E-state index contributed by atoms with van der Waals surface area (Å²) in [6.45, 7) is 13.7. The number of allylic oxidation sites excluding steroid dienone is 2. The molecule has 2 saturated heterocycles. The molecule has 0 amide bonds. The van der Waals surface area contributed by atoms with Gasteiger partial charge in [-0.05, 0) is 49.4 Å². The topological polar surface area (TPSA) is 65.0 Å². The fourth-order valence-corrected chi connectivity index (χ4v) is 7.00. The first-order valence-electron chi connectivity index (χ1n) is 9.86. The van der Waals surface area contributed by atoms with Gasteiger partial charge in [0.1, 0.15) is 18.5 Å². The molecule has 2 aliphatic carbocycles. The third kappa shape index (κ3) is 3.05. The molecule has 0 aromatic rings. The number of fused-ring (bicyclic) bond motifs is 3. The Morgan fingerprint density at radius 1 is 1.30 bits per heavy atom. The van der Waals surface area contributed by atoms with Crippen molar-refractivity contribution in [1.82, 2.24) is 0 Å². The van der Waals surface area contributed by atoms with Crippen molar-refractivity contribution >= 4 is 11.4 Å². The van der Waals surface area contributed by atoms with E-state index in [0.717, 1.165) is 37.7 Å². The summed E-state index contributed by atoms with van der Waals surface area (Å²) in [5, 5.41) is 10.1. The number of hydrogen-bond donors (Lipinski definition) is 1. The Hall–Kier alpha value is -0.950. The van der Waals surface area contributed by atoms with Gasteiger partial charge in [0.25, 0.3) is 0 Å². The molecule has 6 heteroatoms. The van der Waals surface area contributed by atoms with Gasteiger partial charge in [0.2, 0.25) is 0 Å². The molecular weight excluding hydrogens is 364 g/mol. The highest BCUT2D eigenvalue weighted by molar-refractivity contribution is 7.75. The number of hydrogen-bond acceptors (Lipinski definition) is 5. The molecule has 2 aliphatic heterocycles. The number of rotatable bonds is 2. The van der Waals surface area contributed by atoms with Gasteiger partial charge in [0, 0.05) is 11.0 Å². The Balaban J connectivity index is 1.62. The highest BCUT2D eigenvalue weighted by atomic mass is 32.2. The molecule has 7 atom stereocenters. The van der Waals surface area contributed by atoms with Crippen molar-refractivity contribution < 1.29 is 22.4 Å². The Bertz CT molecular complexity index is 715. The highest BCUT2D eigenvalue weighted by Gasteiger charge is 2.60. The molecule has 4 fully saturated rings. The molecule has 0 unspecified atom stereocenters.